The van der Waals surface area contributed by atoms with E-state index in [1.54, 1.807) is 0 Å². The maximum atomic E-state index is 10.7. The number of carboxylic acid groups (broad SMARTS) is 1. The summed E-state index contributed by atoms with van der Waals surface area (Å²) < 4.78 is 21.3. The van der Waals surface area contributed by atoms with Crippen molar-refractivity contribution in [3.05, 3.63) is 0 Å². The van der Waals surface area contributed by atoms with Crippen molar-refractivity contribution in [2.24, 2.45) is 0 Å². The lowest BCUT2D eigenvalue weighted by molar-refractivity contribution is -0.140. The molecule has 1 atom stereocenters. The number of sulfone groups is 1. The van der Waals surface area contributed by atoms with Crippen LogP contribution in [0.15, 0.2) is 0 Å². The van der Waals surface area contributed by atoms with Crippen molar-refractivity contribution in [3.8, 4) is 0 Å². The molecule has 1 unspecified atom stereocenters. The molecule has 0 aromatic heterocycles. The topological polar surface area (TPSA) is 101 Å². The number of hydrogen-bond acceptors (Lipinski definition) is 4. The molecule has 0 saturated heterocycles. The molecule has 1 amide bonds. The minimum absolute atomic E-state index is 0.118. The van der Waals surface area contributed by atoms with Crippen molar-refractivity contribution in [1.82, 2.24) is 5.32 Å². The third kappa shape index (κ3) is 6.09. The van der Waals surface area contributed by atoms with E-state index in [4.69, 9.17) is 5.11 Å². The molecule has 0 aromatic rings. The summed E-state index contributed by atoms with van der Waals surface area (Å²) in [6.07, 6.45) is 1.13. The lowest BCUT2D eigenvalue weighted by atomic mass is 10.2. The molecule has 0 fully saturated rings. The van der Waals surface area contributed by atoms with E-state index >= 15 is 0 Å². The molecule has 0 spiro atoms. The molecule has 6 nitrogen and oxygen atoms in total. The molecule has 0 radical (unpaired) electrons. The average molecular weight is 209 g/mol. The van der Waals surface area contributed by atoms with Crippen LogP contribution in [0.5, 0.6) is 0 Å². The highest BCUT2D eigenvalue weighted by Gasteiger charge is 2.17. The fourth-order valence-corrected chi connectivity index (χ4v) is 1.36. The zero-order valence-electron chi connectivity index (χ0n) is 7.06. The van der Waals surface area contributed by atoms with Gasteiger partial charge in [0.15, 0.2) is 0 Å². The number of carbonyl (C=O) groups is 2. The third-order valence-electron chi connectivity index (χ3n) is 1.34. The molecule has 0 bridgehead atoms. The van der Waals surface area contributed by atoms with Crippen LogP contribution >= 0.6 is 0 Å². The number of carboxylic acids is 1. The minimum atomic E-state index is -3.19. The molecule has 0 rings (SSSR count). The van der Waals surface area contributed by atoms with Gasteiger partial charge in [-0.15, -0.1) is 0 Å². The Morgan fingerprint density at radius 3 is 2.46 bits per heavy atom. The van der Waals surface area contributed by atoms with Gasteiger partial charge in [-0.3, -0.25) is 4.79 Å². The van der Waals surface area contributed by atoms with Crippen LogP contribution in [0.3, 0.4) is 0 Å². The van der Waals surface area contributed by atoms with Crippen LogP contribution in [-0.2, 0) is 19.4 Å². The quantitative estimate of drug-likeness (QED) is 0.525. The van der Waals surface area contributed by atoms with E-state index in [1.807, 2.05) is 5.32 Å². The molecule has 0 aromatic carbocycles. The van der Waals surface area contributed by atoms with Gasteiger partial charge in [-0.1, -0.05) is 0 Å². The second-order valence-electron chi connectivity index (χ2n) is 2.59. The SMILES string of the molecule is CS(=O)(=O)CCC(NC=O)C(=O)O. The van der Waals surface area contributed by atoms with Gasteiger partial charge in [0.1, 0.15) is 15.9 Å². The zero-order valence-corrected chi connectivity index (χ0v) is 7.87. The van der Waals surface area contributed by atoms with Gasteiger partial charge in [0.05, 0.1) is 5.75 Å². The molecule has 13 heavy (non-hydrogen) atoms. The van der Waals surface area contributed by atoms with Crippen molar-refractivity contribution in [3.63, 3.8) is 0 Å². The van der Waals surface area contributed by atoms with E-state index in [0.29, 0.717) is 0 Å². The smallest absolute Gasteiger partial charge is 0.326 e. The summed E-state index contributed by atoms with van der Waals surface area (Å²) in [5, 5.41) is 10.5. The standard InChI is InChI=1S/C6H11NO5S/c1-13(11,12)3-2-5(6(9)10)7-4-8/h4-5H,2-3H2,1H3,(H,7,8)(H,9,10). The van der Waals surface area contributed by atoms with Crippen LogP contribution in [0.1, 0.15) is 6.42 Å². The predicted octanol–water partition coefficient (Wildman–Crippen LogP) is -1.38. The van der Waals surface area contributed by atoms with E-state index in [0.717, 1.165) is 6.26 Å². The minimum Gasteiger partial charge on any atom is -0.480 e. The maximum Gasteiger partial charge on any atom is 0.326 e. The van der Waals surface area contributed by atoms with Gasteiger partial charge >= 0.3 is 5.97 Å². The molecule has 0 aliphatic carbocycles. The zero-order chi connectivity index (χ0) is 10.5. The van der Waals surface area contributed by atoms with Crippen LogP contribution in [0.2, 0.25) is 0 Å². The fourth-order valence-electron chi connectivity index (χ4n) is 0.692. The predicted molar refractivity (Wildman–Crippen MR) is 45.0 cm³/mol. The van der Waals surface area contributed by atoms with Crippen molar-refractivity contribution < 1.29 is 23.1 Å². The lowest BCUT2D eigenvalue weighted by Gasteiger charge is -2.09. The van der Waals surface area contributed by atoms with Gasteiger partial charge in [-0.2, -0.15) is 0 Å². The molecule has 7 heteroatoms. The average Bonchev–Trinajstić information content (AvgIpc) is 1.95. The van der Waals surface area contributed by atoms with Crippen molar-refractivity contribution in [1.29, 1.82) is 0 Å². The van der Waals surface area contributed by atoms with E-state index in [9.17, 15) is 18.0 Å². The second kappa shape index (κ2) is 4.80. The summed E-state index contributed by atoms with van der Waals surface area (Å²) in [7, 11) is -3.19. The van der Waals surface area contributed by atoms with E-state index in [1.165, 1.54) is 0 Å². The lowest BCUT2D eigenvalue weighted by Crippen LogP contribution is -2.37. The van der Waals surface area contributed by atoms with Crippen molar-refractivity contribution >= 4 is 22.2 Å². The molecule has 76 valence electrons. The number of hydrogen-bond donors (Lipinski definition) is 2. The molecule has 0 saturated carbocycles. The van der Waals surface area contributed by atoms with E-state index in [2.05, 4.69) is 0 Å². The van der Waals surface area contributed by atoms with Crippen LogP contribution in [-0.4, -0.2) is 44.0 Å². The number of aliphatic carboxylic acids is 1. The largest absolute Gasteiger partial charge is 0.480 e. The molecule has 0 heterocycles. The monoisotopic (exact) mass is 209 g/mol. The summed E-state index contributed by atoms with van der Waals surface area (Å²) >= 11 is 0. The first kappa shape index (κ1) is 11.9. The summed E-state index contributed by atoms with van der Waals surface area (Å²) in [5.74, 6) is -1.50. The van der Waals surface area contributed by atoms with Crippen LogP contribution in [0.25, 0.3) is 0 Å². The number of rotatable bonds is 6. The van der Waals surface area contributed by atoms with Gasteiger partial charge < -0.3 is 10.4 Å². The maximum absolute atomic E-state index is 10.7. The summed E-state index contributed by atoms with van der Waals surface area (Å²) in [5.41, 5.74) is 0. The highest BCUT2D eigenvalue weighted by molar-refractivity contribution is 7.90. The Bertz CT molecular complexity index is 283. The third-order valence-corrected chi connectivity index (χ3v) is 2.32. The van der Waals surface area contributed by atoms with Crippen LogP contribution < -0.4 is 5.32 Å². The number of amides is 1. The summed E-state index contributed by atoms with van der Waals surface area (Å²) in [6, 6.07) is -1.13. The highest BCUT2D eigenvalue weighted by atomic mass is 32.2. The molecule has 2 N–H and O–H groups in total. The Morgan fingerprint density at radius 1 is 1.62 bits per heavy atom. The first-order valence-electron chi connectivity index (χ1n) is 3.47. The number of carbonyl (C=O) groups excluding carboxylic acids is 1. The van der Waals surface area contributed by atoms with E-state index in [-0.39, 0.29) is 18.6 Å². The molecular weight excluding hydrogens is 198 g/mol. The number of nitrogens with one attached hydrogen (secondary N) is 1. The van der Waals surface area contributed by atoms with Gasteiger partial charge in [0.25, 0.3) is 0 Å². The Morgan fingerprint density at radius 2 is 2.15 bits per heavy atom. The first-order valence-corrected chi connectivity index (χ1v) is 5.53. The Kier molecular flexibility index (Phi) is 4.39. The van der Waals surface area contributed by atoms with Gasteiger partial charge in [-0.05, 0) is 6.42 Å². The highest BCUT2D eigenvalue weighted by Crippen LogP contribution is 1.95. The van der Waals surface area contributed by atoms with Gasteiger partial charge in [0, 0.05) is 6.26 Å². The first-order chi connectivity index (χ1) is 5.87. The van der Waals surface area contributed by atoms with E-state index < -0.39 is 21.8 Å². The van der Waals surface area contributed by atoms with Gasteiger partial charge in [-0.25, -0.2) is 13.2 Å². The fraction of sp³-hybridized carbons (Fsp3) is 0.667. The van der Waals surface area contributed by atoms with Crippen molar-refractivity contribution in [2.45, 2.75) is 12.5 Å². The molecule has 0 aliphatic heterocycles. The summed E-state index contributed by atoms with van der Waals surface area (Å²) in [6.45, 7) is 0. The Balaban J connectivity index is 4.12. The Labute approximate surface area is 75.9 Å². The summed E-state index contributed by atoms with van der Waals surface area (Å²) in [4.78, 5) is 20.3. The Hall–Kier alpha value is -1.11. The normalized spacial score (nSPS) is 13.3. The van der Waals surface area contributed by atoms with Crippen molar-refractivity contribution in [2.75, 3.05) is 12.0 Å². The molecular formula is C6H11NO5S. The molecule has 0 aliphatic rings. The van der Waals surface area contributed by atoms with Crippen LogP contribution in [0, 0.1) is 0 Å². The second-order valence-corrected chi connectivity index (χ2v) is 4.85. The van der Waals surface area contributed by atoms with Gasteiger partial charge in [0.2, 0.25) is 6.41 Å². The van der Waals surface area contributed by atoms with Crippen LogP contribution in [0.4, 0.5) is 0 Å².